The maximum atomic E-state index is 14.7. The summed E-state index contributed by atoms with van der Waals surface area (Å²) in [6.45, 7) is 1.10. The Morgan fingerprint density at radius 2 is 1.97 bits per heavy atom. The van der Waals surface area contributed by atoms with Crippen LogP contribution in [-0.2, 0) is 4.79 Å². The summed E-state index contributed by atoms with van der Waals surface area (Å²) >= 11 is 0. The summed E-state index contributed by atoms with van der Waals surface area (Å²) in [6, 6.07) is 8.06. The number of rotatable bonds is 7. The highest BCUT2D eigenvalue weighted by Gasteiger charge is 2.34. The second-order valence-corrected chi connectivity index (χ2v) is 9.18. The highest BCUT2D eigenvalue weighted by Crippen LogP contribution is 2.34. The van der Waals surface area contributed by atoms with Gasteiger partial charge in [-0.1, -0.05) is 11.8 Å². The normalized spacial score (nSPS) is 18.7. The van der Waals surface area contributed by atoms with Gasteiger partial charge in [0, 0.05) is 29.1 Å². The van der Waals surface area contributed by atoms with Crippen molar-refractivity contribution in [3.8, 4) is 17.6 Å². The maximum Gasteiger partial charge on any atom is 0.308 e. The smallest absolute Gasteiger partial charge is 0.308 e. The van der Waals surface area contributed by atoms with Crippen LogP contribution < -0.4 is 4.74 Å². The van der Waals surface area contributed by atoms with Crippen LogP contribution in [0.25, 0.3) is 10.9 Å². The summed E-state index contributed by atoms with van der Waals surface area (Å²) in [5, 5.41) is 21.2. The molecule has 1 fully saturated rings. The van der Waals surface area contributed by atoms with E-state index in [9.17, 15) is 28.2 Å². The number of carbonyl (C=O) groups is 1. The number of likely N-dealkylation sites (tertiary alicyclic amines) is 1. The van der Waals surface area contributed by atoms with Crippen LogP contribution in [0.4, 0.5) is 13.2 Å². The van der Waals surface area contributed by atoms with Crippen molar-refractivity contribution >= 4 is 16.9 Å². The number of ether oxygens (including phenoxy) is 1. The summed E-state index contributed by atoms with van der Waals surface area (Å²) < 4.78 is 46.6. The zero-order chi connectivity index (χ0) is 26.5. The fourth-order valence-corrected chi connectivity index (χ4v) is 4.87. The third kappa shape index (κ3) is 6.40. The Hall–Kier alpha value is -3.61. The van der Waals surface area contributed by atoms with Gasteiger partial charge in [0.1, 0.15) is 23.2 Å². The van der Waals surface area contributed by atoms with Crippen LogP contribution in [0, 0.1) is 41.1 Å². The third-order valence-corrected chi connectivity index (χ3v) is 6.77. The lowest BCUT2D eigenvalue weighted by Crippen LogP contribution is -2.44. The lowest BCUT2D eigenvalue weighted by Gasteiger charge is -2.36. The molecule has 3 unspecified atom stereocenters. The molecular formula is C28H27F3N2O4. The zero-order valence-corrected chi connectivity index (χ0v) is 20.3. The predicted molar refractivity (Wildman–Crippen MR) is 131 cm³/mol. The van der Waals surface area contributed by atoms with Crippen molar-refractivity contribution in [1.82, 2.24) is 9.88 Å². The molecule has 0 amide bonds. The van der Waals surface area contributed by atoms with Gasteiger partial charge in [0.05, 0.1) is 37.4 Å². The van der Waals surface area contributed by atoms with Crippen molar-refractivity contribution in [1.29, 1.82) is 0 Å². The molecule has 0 radical (unpaired) electrons. The molecule has 1 saturated heterocycles. The van der Waals surface area contributed by atoms with Crippen LogP contribution in [0.2, 0.25) is 0 Å². The SMILES string of the molecule is COc1ccc2ncc(F)c(C(O)CCC3CCN(CC#Cc4cc(F)cc(F)c4)CC3C(=O)O)c2c1. The van der Waals surface area contributed by atoms with Gasteiger partial charge in [-0.3, -0.25) is 14.7 Å². The van der Waals surface area contributed by atoms with Gasteiger partial charge < -0.3 is 14.9 Å². The monoisotopic (exact) mass is 512 g/mol. The Balaban J connectivity index is 1.41. The van der Waals surface area contributed by atoms with Crippen molar-refractivity contribution in [2.75, 3.05) is 26.7 Å². The molecule has 0 aliphatic carbocycles. The molecular weight excluding hydrogens is 485 g/mol. The lowest BCUT2D eigenvalue weighted by atomic mass is 9.81. The molecule has 3 aromatic rings. The van der Waals surface area contributed by atoms with E-state index in [4.69, 9.17) is 4.74 Å². The second-order valence-electron chi connectivity index (χ2n) is 9.18. The van der Waals surface area contributed by atoms with Crippen molar-refractivity contribution in [3.63, 3.8) is 0 Å². The van der Waals surface area contributed by atoms with Gasteiger partial charge in [-0.05, 0) is 62.1 Å². The van der Waals surface area contributed by atoms with E-state index in [1.54, 1.807) is 18.2 Å². The first kappa shape index (κ1) is 26.5. The van der Waals surface area contributed by atoms with E-state index in [0.29, 0.717) is 36.0 Å². The second kappa shape index (κ2) is 11.6. The number of halogens is 3. The number of carboxylic acid groups (broad SMARTS) is 1. The molecule has 194 valence electrons. The van der Waals surface area contributed by atoms with Gasteiger partial charge in [-0.25, -0.2) is 13.2 Å². The number of aromatic nitrogens is 1. The van der Waals surface area contributed by atoms with Gasteiger partial charge >= 0.3 is 5.97 Å². The highest BCUT2D eigenvalue weighted by atomic mass is 19.1. The number of piperidine rings is 1. The number of nitrogens with zero attached hydrogens (tertiary/aromatic N) is 2. The molecule has 2 heterocycles. The summed E-state index contributed by atoms with van der Waals surface area (Å²) in [5.74, 6) is 2.18. The number of fused-ring (bicyclic) bond motifs is 1. The minimum absolute atomic E-state index is 0.122. The van der Waals surface area contributed by atoms with Crippen LogP contribution in [0.15, 0.2) is 42.6 Å². The van der Waals surface area contributed by atoms with Gasteiger partial charge in [0.15, 0.2) is 0 Å². The minimum atomic E-state index is -1.14. The molecule has 6 nitrogen and oxygen atoms in total. The number of benzene rings is 2. The number of aliphatic carboxylic acids is 1. The minimum Gasteiger partial charge on any atom is -0.497 e. The molecule has 0 spiro atoms. The summed E-state index contributed by atoms with van der Waals surface area (Å²) in [6.07, 6.45) is 1.08. The van der Waals surface area contributed by atoms with Gasteiger partial charge in [-0.15, -0.1) is 0 Å². The van der Waals surface area contributed by atoms with E-state index in [0.717, 1.165) is 24.4 Å². The first-order chi connectivity index (χ1) is 17.7. The fraction of sp³-hybridized carbons (Fsp3) is 0.357. The van der Waals surface area contributed by atoms with Crippen molar-refractivity contribution in [2.45, 2.75) is 25.4 Å². The molecule has 37 heavy (non-hydrogen) atoms. The van der Waals surface area contributed by atoms with Crippen LogP contribution in [-0.4, -0.2) is 52.8 Å². The Bertz CT molecular complexity index is 1330. The number of hydrogen-bond donors (Lipinski definition) is 2. The Morgan fingerprint density at radius 3 is 2.68 bits per heavy atom. The fourth-order valence-electron chi connectivity index (χ4n) is 4.87. The van der Waals surface area contributed by atoms with Crippen molar-refractivity contribution < 1.29 is 32.9 Å². The molecule has 1 aliphatic heterocycles. The number of pyridine rings is 1. The van der Waals surface area contributed by atoms with Gasteiger partial charge in [0.2, 0.25) is 0 Å². The summed E-state index contributed by atoms with van der Waals surface area (Å²) in [4.78, 5) is 18.0. The number of aliphatic hydroxyl groups excluding tert-OH is 1. The number of aliphatic hydroxyl groups is 1. The quantitative estimate of drug-likeness (QED) is 0.452. The van der Waals surface area contributed by atoms with Crippen molar-refractivity contribution in [2.24, 2.45) is 11.8 Å². The largest absolute Gasteiger partial charge is 0.497 e. The topological polar surface area (TPSA) is 82.9 Å². The number of carboxylic acids is 1. The summed E-state index contributed by atoms with van der Waals surface area (Å²) in [7, 11) is 1.50. The average molecular weight is 513 g/mol. The molecule has 4 rings (SSSR count). The predicted octanol–water partition coefficient (Wildman–Crippen LogP) is 4.55. The number of hydrogen-bond acceptors (Lipinski definition) is 5. The maximum absolute atomic E-state index is 14.7. The molecule has 1 aliphatic rings. The molecule has 0 saturated carbocycles. The average Bonchev–Trinajstić information content (AvgIpc) is 2.86. The van der Waals surface area contributed by atoms with E-state index in [1.807, 2.05) is 4.90 Å². The van der Waals surface area contributed by atoms with Crippen LogP contribution in [0.1, 0.15) is 36.5 Å². The lowest BCUT2D eigenvalue weighted by molar-refractivity contribution is -0.146. The highest BCUT2D eigenvalue weighted by molar-refractivity contribution is 5.84. The van der Waals surface area contributed by atoms with E-state index in [1.165, 1.54) is 7.11 Å². The molecule has 3 atom stereocenters. The van der Waals surface area contributed by atoms with Gasteiger partial charge in [0.25, 0.3) is 0 Å². The van der Waals surface area contributed by atoms with E-state index < -0.39 is 35.4 Å². The molecule has 2 N–H and O–H groups in total. The Labute approximate surface area is 212 Å². The van der Waals surface area contributed by atoms with Crippen LogP contribution in [0.3, 0.4) is 0 Å². The van der Waals surface area contributed by atoms with Crippen LogP contribution in [0.5, 0.6) is 5.75 Å². The Kier molecular flexibility index (Phi) is 8.31. The first-order valence-electron chi connectivity index (χ1n) is 12.0. The first-order valence-corrected chi connectivity index (χ1v) is 12.0. The standard InChI is InChI=1S/C28H27F3N2O4/c1-37-21-5-6-25-22(14-21)27(24(31)15-32-25)26(34)7-4-18-8-10-33(16-23(18)28(35)36)9-2-3-17-11-19(29)13-20(30)12-17/h5-6,11-15,18,23,26,34H,4,7-10,16H2,1H3,(H,35,36). The molecule has 9 heteroatoms. The van der Waals surface area contributed by atoms with Crippen molar-refractivity contribution in [3.05, 3.63) is 71.2 Å². The Morgan fingerprint density at radius 1 is 1.22 bits per heavy atom. The molecule has 1 aromatic heterocycles. The van der Waals surface area contributed by atoms with Crippen LogP contribution >= 0.6 is 0 Å². The van der Waals surface area contributed by atoms with Gasteiger partial charge in [-0.2, -0.15) is 0 Å². The van der Waals surface area contributed by atoms with E-state index >= 15 is 0 Å². The number of methoxy groups -OCH3 is 1. The third-order valence-electron chi connectivity index (χ3n) is 6.77. The van der Waals surface area contributed by atoms with E-state index in [2.05, 4.69) is 16.8 Å². The van der Waals surface area contributed by atoms with E-state index in [-0.39, 0.29) is 36.6 Å². The molecule has 2 aromatic carbocycles. The summed E-state index contributed by atoms with van der Waals surface area (Å²) in [5.41, 5.74) is 0.858. The molecule has 0 bridgehead atoms. The zero-order valence-electron chi connectivity index (χ0n) is 20.3.